The molecule has 0 aliphatic carbocycles. The molecule has 0 saturated heterocycles. The van der Waals surface area contributed by atoms with Gasteiger partial charge in [-0.1, -0.05) is 18.2 Å². The van der Waals surface area contributed by atoms with E-state index in [-0.39, 0.29) is 6.03 Å². The van der Waals surface area contributed by atoms with Gasteiger partial charge in [0.15, 0.2) is 0 Å². The monoisotopic (exact) mass is 225 g/mol. The normalized spacial score (nSPS) is 9.47. The zero-order valence-electron chi connectivity index (χ0n) is 8.30. The van der Waals surface area contributed by atoms with Crippen molar-refractivity contribution in [2.75, 3.05) is 11.1 Å². The Bertz CT molecular complexity index is 404. The van der Waals surface area contributed by atoms with Crippen LogP contribution in [0.1, 0.15) is 6.92 Å². The number of halogens is 1. The minimum absolute atomic E-state index is 0.380. The number of rotatable bonds is 2. The molecule has 1 aromatic rings. The van der Waals surface area contributed by atoms with Crippen LogP contribution in [-0.2, 0) is 0 Å². The predicted octanol–water partition coefficient (Wildman–Crippen LogP) is 2.58. The van der Waals surface area contributed by atoms with Gasteiger partial charge in [-0.25, -0.2) is 4.79 Å². The van der Waals surface area contributed by atoms with Crippen molar-refractivity contribution in [3.05, 3.63) is 35.5 Å². The summed E-state index contributed by atoms with van der Waals surface area (Å²) in [6.07, 6.45) is 0. The zero-order chi connectivity index (χ0) is 11.4. The molecule has 0 bridgehead atoms. The first kappa shape index (κ1) is 11.4. The third-order valence-electron chi connectivity index (χ3n) is 1.57. The van der Waals surface area contributed by atoms with Gasteiger partial charge in [-0.15, -0.1) is 0 Å². The molecule has 1 rings (SSSR count). The van der Waals surface area contributed by atoms with Crippen molar-refractivity contribution in [2.45, 2.75) is 6.92 Å². The number of carbonyl (C=O) groups excluding carboxylic acids is 1. The number of nitrogen functional groups attached to an aromatic ring is 1. The molecule has 0 saturated carbocycles. The van der Waals surface area contributed by atoms with Crippen molar-refractivity contribution in [3.63, 3.8) is 0 Å². The summed E-state index contributed by atoms with van der Waals surface area (Å²) < 4.78 is 0. The quantitative estimate of drug-likeness (QED) is 0.678. The van der Waals surface area contributed by atoms with Crippen LogP contribution in [0.2, 0.25) is 5.02 Å². The highest BCUT2D eigenvalue weighted by atomic mass is 35.5. The Labute approximate surface area is 93.1 Å². The second-order valence-electron chi connectivity index (χ2n) is 3.10. The van der Waals surface area contributed by atoms with E-state index in [2.05, 4.69) is 17.2 Å². The fourth-order valence-electron chi connectivity index (χ4n) is 0.980. The van der Waals surface area contributed by atoms with Crippen molar-refractivity contribution in [3.8, 4) is 0 Å². The minimum atomic E-state index is -0.380. The van der Waals surface area contributed by atoms with Crippen LogP contribution >= 0.6 is 11.6 Å². The minimum Gasteiger partial charge on any atom is -0.399 e. The summed E-state index contributed by atoms with van der Waals surface area (Å²) in [6, 6.07) is 4.48. The van der Waals surface area contributed by atoms with E-state index in [1.807, 2.05) is 0 Å². The Kier molecular flexibility index (Phi) is 3.57. The summed E-state index contributed by atoms with van der Waals surface area (Å²) in [4.78, 5) is 11.3. The molecule has 15 heavy (non-hydrogen) atoms. The van der Waals surface area contributed by atoms with E-state index in [4.69, 9.17) is 17.3 Å². The standard InChI is InChI=1S/C10H12ClN3O/c1-6(2)13-10(15)14-9-4-3-7(12)5-8(9)11/h3-5H,1,12H2,2H3,(H2,13,14,15). The summed E-state index contributed by atoms with van der Waals surface area (Å²) in [5.41, 5.74) is 7.12. The number of hydrogen-bond donors (Lipinski definition) is 3. The molecule has 0 aliphatic rings. The van der Waals surface area contributed by atoms with Gasteiger partial charge in [0.2, 0.25) is 0 Å². The average Bonchev–Trinajstić information content (AvgIpc) is 2.08. The smallest absolute Gasteiger partial charge is 0.323 e. The molecule has 4 N–H and O–H groups in total. The number of nitrogens with one attached hydrogen (secondary N) is 2. The first-order valence-corrected chi connectivity index (χ1v) is 4.65. The van der Waals surface area contributed by atoms with Gasteiger partial charge in [0.05, 0.1) is 10.7 Å². The molecule has 0 unspecified atom stereocenters. The molecule has 5 heteroatoms. The molecule has 0 heterocycles. The van der Waals surface area contributed by atoms with Crippen LogP contribution in [0.3, 0.4) is 0 Å². The van der Waals surface area contributed by atoms with Gasteiger partial charge in [0, 0.05) is 11.4 Å². The molecule has 0 fully saturated rings. The molecular formula is C10H12ClN3O. The molecule has 0 atom stereocenters. The molecule has 4 nitrogen and oxygen atoms in total. The molecule has 0 aromatic heterocycles. The van der Waals surface area contributed by atoms with Crippen molar-refractivity contribution >= 4 is 29.0 Å². The van der Waals surface area contributed by atoms with E-state index in [0.717, 1.165) is 0 Å². The van der Waals surface area contributed by atoms with Gasteiger partial charge < -0.3 is 16.4 Å². The van der Waals surface area contributed by atoms with E-state index >= 15 is 0 Å². The lowest BCUT2D eigenvalue weighted by Gasteiger charge is -2.08. The Morgan fingerprint density at radius 2 is 2.20 bits per heavy atom. The van der Waals surface area contributed by atoms with Crippen LogP contribution in [0, 0.1) is 0 Å². The van der Waals surface area contributed by atoms with Crippen LogP contribution in [0.4, 0.5) is 16.2 Å². The number of nitrogens with two attached hydrogens (primary N) is 1. The van der Waals surface area contributed by atoms with Crippen LogP contribution in [-0.4, -0.2) is 6.03 Å². The maximum absolute atomic E-state index is 11.3. The van der Waals surface area contributed by atoms with Gasteiger partial charge in [-0.3, -0.25) is 0 Å². The van der Waals surface area contributed by atoms with Crippen LogP contribution in [0.25, 0.3) is 0 Å². The Balaban J connectivity index is 2.72. The van der Waals surface area contributed by atoms with Crippen molar-refractivity contribution in [1.82, 2.24) is 5.32 Å². The summed E-state index contributed by atoms with van der Waals surface area (Å²) in [5.74, 6) is 0. The Morgan fingerprint density at radius 3 is 2.73 bits per heavy atom. The number of carbonyl (C=O) groups is 1. The molecule has 2 amide bonds. The fourth-order valence-corrected chi connectivity index (χ4v) is 1.22. The highest BCUT2D eigenvalue weighted by Crippen LogP contribution is 2.23. The van der Waals surface area contributed by atoms with Gasteiger partial charge in [-0.2, -0.15) is 0 Å². The maximum atomic E-state index is 11.3. The van der Waals surface area contributed by atoms with Crippen LogP contribution in [0.15, 0.2) is 30.5 Å². The van der Waals surface area contributed by atoms with E-state index in [0.29, 0.717) is 22.1 Å². The summed E-state index contributed by atoms with van der Waals surface area (Å²) >= 11 is 5.87. The van der Waals surface area contributed by atoms with Gasteiger partial charge in [0.1, 0.15) is 0 Å². The lowest BCUT2D eigenvalue weighted by Crippen LogP contribution is -2.26. The maximum Gasteiger partial charge on any atom is 0.323 e. The fraction of sp³-hybridized carbons (Fsp3) is 0.100. The number of allylic oxidation sites excluding steroid dienone is 1. The van der Waals surface area contributed by atoms with E-state index in [1.54, 1.807) is 25.1 Å². The van der Waals surface area contributed by atoms with Crippen LogP contribution in [0.5, 0.6) is 0 Å². The van der Waals surface area contributed by atoms with Crippen LogP contribution < -0.4 is 16.4 Å². The third-order valence-corrected chi connectivity index (χ3v) is 1.88. The molecule has 1 aromatic carbocycles. The molecular weight excluding hydrogens is 214 g/mol. The third kappa shape index (κ3) is 3.52. The SMILES string of the molecule is C=C(C)NC(=O)Nc1ccc(N)cc1Cl. The second kappa shape index (κ2) is 4.70. The largest absolute Gasteiger partial charge is 0.399 e. The highest BCUT2D eigenvalue weighted by Gasteiger charge is 2.04. The summed E-state index contributed by atoms with van der Waals surface area (Å²) in [5, 5.41) is 5.46. The van der Waals surface area contributed by atoms with E-state index in [1.165, 1.54) is 0 Å². The number of amides is 2. The molecule has 0 spiro atoms. The number of anilines is 2. The van der Waals surface area contributed by atoms with Crippen molar-refractivity contribution < 1.29 is 4.79 Å². The topological polar surface area (TPSA) is 67.2 Å². The average molecular weight is 226 g/mol. The van der Waals surface area contributed by atoms with Gasteiger partial charge >= 0.3 is 6.03 Å². The van der Waals surface area contributed by atoms with E-state index < -0.39 is 0 Å². The second-order valence-corrected chi connectivity index (χ2v) is 3.51. The number of urea groups is 1. The van der Waals surface area contributed by atoms with Crippen molar-refractivity contribution in [1.29, 1.82) is 0 Å². The van der Waals surface area contributed by atoms with E-state index in [9.17, 15) is 4.79 Å². The molecule has 0 radical (unpaired) electrons. The number of benzene rings is 1. The van der Waals surface area contributed by atoms with Crippen molar-refractivity contribution in [2.24, 2.45) is 0 Å². The lowest BCUT2D eigenvalue weighted by atomic mass is 10.3. The Morgan fingerprint density at radius 1 is 1.53 bits per heavy atom. The van der Waals surface area contributed by atoms with Gasteiger partial charge in [-0.05, 0) is 25.1 Å². The molecule has 0 aliphatic heterocycles. The first-order chi connectivity index (χ1) is 6.99. The predicted molar refractivity (Wildman–Crippen MR) is 62.8 cm³/mol. The lowest BCUT2D eigenvalue weighted by molar-refractivity contribution is 0.254. The van der Waals surface area contributed by atoms with Gasteiger partial charge in [0.25, 0.3) is 0 Å². The Hall–Kier alpha value is -1.68. The summed E-state index contributed by atoms with van der Waals surface area (Å²) in [7, 11) is 0. The number of hydrogen-bond acceptors (Lipinski definition) is 2. The zero-order valence-corrected chi connectivity index (χ0v) is 9.06. The summed E-state index contributed by atoms with van der Waals surface area (Å²) in [6.45, 7) is 5.23. The highest BCUT2D eigenvalue weighted by molar-refractivity contribution is 6.34. The molecule has 80 valence electrons. The first-order valence-electron chi connectivity index (χ1n) is 4.27.